The summed E-state index contributed by atoms with van der Waals surface area (Å²) in [5.74, 6) is 0.748. The van der Waals surface area contributed by atoms with Crippen LogP contribution >= 0.6 is 23.4 Å². The van der Waals surface area contributed by atoms with E-state index < -0.39 is 0 Å². The zero-order chi connectivity index (χ0) is 12.3. The molecule has 1 heterocycles. The number of H-pyrrole nitrogens is 1. The quantitative estimate of drug-likeness (QED) is 0.686. The van der Waals surface area contributed by atoms with E-state index in [4.69, 9.17) is 11.6 Å². The fourth-order valence-electron chi connectivity index (χ4n) is 1.42. The average Bonchev–Trinajstić information content (AvgIpc) is 2.31. The van der Waals surface area contributed by atoms with Crippen molar-refractivity contribution in [2.24, 2.45) is 0 Å². The van der Waals surface area contributed by atoms with Crippen molar-refractivity contribution in [3.05, 3.63) is 57.1 Å². The number of rotatable bonds is 3. The molecule has 0 atom stereocenters. The molecule has 0 amide bonds. The number of hydrogen-bond donors (Lipinski definition) is 1. The zero-order valence-electron chi connectivity index (χ0n) is 9.24. The first kappa shape index (κ1) is 12.2. The molecular formula is C12H11ClN2OS. The van der Waals surface area contributed by atoms with Crippen LogP contribution in [0.4, 0.5) is 0 Å². The van der Waals surface area contributed by atoms with Crippen molar-refractivity contribution < 1.29 is 0 Å². The second-order valence-corrected chi connectivity index (χ2v) is 4.97. The molecule has 0 saturated heterocycles. The number of nitrogens with one attached hydrogen (secondary N) is 1. The first-order chi connectivity index (χ1) is 8.16. The van der Waals surface area contributed by atoms with Crippen molar-refractivity contribution in [1.82, 2.24) is 9.97 Å². The first-order valence-corrected chi connectivity index (χ1v) is 6.44. The highest BCUT2D eigenvalue weighted by atomic mass is 35.5. The third-order valence-corrected chi connectivity index (χ3v) is 3.75. The van der Waals surface area contributed by atoms with Gasteiger partial charge in [-0.2, -0.15) is 0 Å². The summed E-state index contributed by atoms with van der Waals surface area (Å²) >= 11 is 7.32. The predicted molar refractivity (Wildman–Crippen MR) is 70.6 cm³/mol. The molecule has 0 saturated carbocycles. The second kappa shape index (κ2) is 5.38. The number of aryl methyl sites for hydroxylation is 1. The van der Waals surface area contributed by atoms with E-state index in [1.807, 2.05) is 25.1 Å². The van der Waals surface area contributed by atoms with Gasteiger partial charge in [-0.15, -0.1) is 0 Å². The van der Waals surface area contributed by atoms with Crippen LogP contribution in [0.1, 0.15) is 11.1 Å². The molecule has 0 aliphatic heterocycles. The molecule has 0 unspecified atom stereocenters. The standard InChI is InChI=1S/C12H11ClN2OS/c1-8-3-2-4-9(5-8)6-17-12-10(13)11(16)14-7-15-12/h2-5,7H,6H2,1H3,(H,14,15,16). The predicted octanol–water partition coefficient (Wildman–Crippen LogP) is 3.02. The minimum atomic E-state index is -0.298. The highest BCUT2D eigenvalue weighted by Crippen LogP contribution is 2.24. The topological polar surface area (TPSA) is 45.8 Å². The van der Waals surface area contributed by atoms with Crippen molar-refractivity contribution in [3.63, 3.8) is 0 Å². The highest BCUT2D eigenvalue weighted by molar-refractivity contribution is 7.98. The van der Waals surface area contributed by atoms with E-state index in [1.165, 1.54) is 29.2 Å². The van der Waals surface area contributed by atoms with Crippen LogP contribution in [0.3, 0.4) is 0 Å². The minimum Gasteiger partial charge on any atom is -0.312 e. The van der Waals surface area contributed by atoms with E-state index in [0.29, 0.717) is 5.03 Å². The Bertz CT molecular complexity index is 583. The molecule has 3 nitrogen and oxygen atoms in total. The van der Waals surface area contributed by atoms with Crippen LogP contribution in [0, 0.1) is 6.92 Å². The van der Waals surface area contributed by atoms with E-state index in [2.05, 4.69) is 16.0 Å². The summed E-state index contributed by atoms with van der Waals surface area (Å²) < 4.78 is 0. The molecule has 0 radical (unpaired) electrons. The van der Waals surface area contributed by atoms with E-state index in [1.54, 1.807) is 0 Å². The van der Waals surface area contributed by atoms with Gasteiger partial charge in [0.25, 0.3) is 5.56 Å². The molecule has 0 fully saturated rings. The maximum atomic E-state index is 11.3. The molecule has 17 heavy (non-hydrogen) atoms. The van der Waals surface area contributed by atoms with Crippen molar-refractivity contribution >= 4 is 23.4 Å². The Labute approximate surface area is 108 Å². The molecular weight excluding hydrogens is 256 g/mol. The van der Waals surface area contributed by atoms with E-state index in [9.17, 15) is 4.79 Å². The third kappa shape index (κ3) is 3.11. The molecule has 1 aromatic carbocycles. The normalized spacial score (nSPS) is 10.5. The molecule has 0 aliphatic rings. The summed E-state index contributed by atoms with van der Waals surface area (Å²) in [5, 5.41) is 0.724. The van der Waals surface area contributed by atoms with Crippen molar-refractivity contribution in [2.45, 2.75) is 17.7 Å². The van der Waals surface area contributed by atoms with E-state index in [-0.39, 0.29) is 10.6 Å². The number of aromatic amines is 1. The molecule has 0 aliphatic carbocycles. The van der Waals surface area contributed by atoms with Crippen molar-refractivity contribution in [3.8, 4) is 0 Å². The van der Waals surface area contributed by atoms with E-state index in [0.717, 1.165) is 5.75 Å². The van der Waals surface area contributed by atoms with Gasteiger partial charge in [-0.3, -0.25) is 4.79 Å². The van der Waals surface area contributed by atoms with Crippen LogP contribution in [-0.2, 0) is 5.75 Å². The Balaban J connectivity index is 2.13. The lowest BCUT2D eigenvalue weighted by atomic mass is 10.2. The lowest BCUT2D eigenvalue weighted by Crippen LogP contribution is -2.07. The largest absolute Gasteiger partial charge is 0.312 e. The summed E-state index contributed by atoms with van der Waals surface area (Å²) in [4.78, 5) is 17.8. The number of thioether (sulfide) groups is 1. The Kier molecular flexibility index (Phi) is 3.86. The monoisotopic (exact) mass is 266 g/mol. The van der Waals surface area contributed by atoms with Crippen molar-refractivity contribution in [1.29, 1.82) is 0 Å². The van der Waals surface area contributed by atoms with Gasteiger partial charge in [0.15, 0.2) is 0 Å². The molecule has 1 aromatic heterocycles. The smallest absolute Gasteiger partial charge is 0.270 e. The lowest BCUT2D eigenvalue weighted by molar-refractivity contribution is 1.01. The summed E-state index contributed by atoms with van der Waals surface area (Å²) in [6.07, 6.45) is 1.37. The van der Waals surface area contributed by atoms with Crippen LogP contribution in [0.5, 0.6) is 0 Å². The van der Waals surface area contributed by atoms with Gasteiger partial charge < -0.3 is 4.98 Å². The van der Waals surface area contributed by atoms with Gasteiger partial charge in [0.05, 0.1) is 6.33 Å². The van der Waals surface area contributed by atoms with Crippen LogP contribution in [0.2, 0.25) is 5.02 Å². The Morgan fingerprint density at radius 1 is 1.47 bits per heavy atom. The summed E-state index contributed by atoms with van der Waals surface area (Å²) in [6.45, 7) is 2.05. The Hall–Kier alpha value is -1.26. The van der Waals surface area contributed by atoms with Crippen LogP contribution in [-0.4, -0.2) is 9.97 Å². The third-order valence-electron chi connectivity index (χ3n) is 2.22. The summed E-state index contributed by atoms with van der Waals surface area (Å²) in [6, 6.07) is 8.21. The zero-order valence-corrected chi connectivity index (χ0v) is 10.8. The fourth-order valence-corrected chi connectivity index (χ4v) is 2.52. The maximum Gasteiger partial charge on any atom is 0.270 e. The highest BCUT2D eigenvalue weighted by Gasteiger charge is 2.06. The summed E-state index contributed by atoms with van der Waals surface area (Å²) in [5.41, 5.74) is 2.11. The molecule has 5 heteroatoms. The van der Waals surface area contributed by atoms with Crippen LogP contribution in [0.25, 0.3) is 0 Å². The molecule has 1 N–H and O–H groups in total. The number of benzene rings is 1. The number of hydrogen-bond acceptors (Lipinski definition) is 3. The van der Waals surface area contributed by atoms with E-state index >= 15 is 0 Å². The maximum absolute atomic E-state index is 11.3. The Morgan fingerprint density at radius 3 is 3.06 bits per heavy atom. The average molecular weight is 267 g/mol. The number of nitrogens with zero attached hydrogens (tertiary/aromatic N) is 1. The van der Waals surface area contributed by atoms with Gasteiger partial charge in [0.1, 0.15) is 10.0 Å². The first-order valence-electron chi connectivity index (χ1n) is 5.08. The van der Waals surface area contributed by atoms with Gasteiger partial charge in [-0.05, 0) is 12.5 Å². The molecule has 0 spiro atoms. The molecule has 0 bridgehead atoms. The van der Waals surface area contributed by atoms with Gasteiger partial charge in [-0.25, -0.2) is 4.98 Å². The number of aromatic nitrogens is 2. The van der Waals surface area contributed by atoms with Crippen LogP contribution in [0.15, 0.2) is 40.4 Å². The SMILES string of the molecule is Cc1cccc(CSc2nc[nH]c(=O)c2Cl)c1. The fraction of sp³-hybridized carbons (Fsp3) is 0.167. The van der Waals surface area contributed by atoms with Crippen LogP contribution < -0.4 is 5.56 Å². The molecule has 2 aromatic rings. The van der Waals surface area contributed by atoms with Gasteiger partial charge in [-0.1, -0.05) is 53.2 Å². The summed E-state index contributed by atoms with van der Waals surface area (Å²) in [7, 11) is 0. The number of halogens is 1. The Morgan fingerprint density at radius 2 is 2.29 bits per heavy atom. The van der Waals surface area contributed by atoms with Gasteiger partial charge >= 0.3 is 0 Å². The lowest BCUT2D eigenvalue weighted by Gasteiger charge is -2.03. The molecule has 2 rings (SSSR count). The van der Waals surface area contributed by atoms with Gasteiger partial charge in [0, 0.05) is 5.75 Å². The van der Waals surface area contributed by atoms with Crippen molar-refractivity contribution in [2.75, 3.05) is 0 Å². The minimum absolute atomic E-state index is 0.158. The van der Waals surface area contributed by atoms with Gasteiger partial charge in [0.2, 0.25) is 0 Å². The second-order valence-electron chi connectivity index (χ2n) is 3.63. The molecule has 88 valence electrons.